The van der Waals surface area contributed by atoms with Gasteiger partial charge in [0.2, 0.25) is 15.9 Å². The van der Waals surface area contributed by atoms with Crippen molar-refractivity contribution in [3.05, 3.63) is 24.3 Å². The topological polar surface area (TPSA) is 87.7 Å². The number of rotatable bonds is 4. The van der Waals surface area contributed by atoms with Gasteiger partial charge in [0.05, 0.1) is 18.1 Å². The minimum absolute atomic E-state index is 0. The maximum Gasteiger partial charge on any atom is 0.243 e. The van der Waals surface area contributed by atoms with Crippen LogP contribution in [0.5, 0.6) is 0 Å². The van der Waals surface area contributed by atoms with E-state index < -0.39 is 10.0 Å². The number of carbonyl (C=O) groups is 1. The van der Waals surface area contributed by atoms with Crippen LogP contribution in [0, 0.1) is 5.92 Å². The number of anilines is 1. The molecule has 7 nitrogen and oxygen atoms in total. The summed E-state index contributed by atoms with van der Waals surface area (Å²) in [7, 11) is -3.56. The summed E-state index contributed by atoms with van der Waals surface area (Å²) in [6.45, 7) is 4.41. The zero-order chi connectivity index (χ0) is 17.9. The molecule has 0 saturated carbocycles. The Morgan fingerprint density at radius 2 is 2.04 bits per heavy atom. The highest BCUT2D eigenvalue weighted by Crippen LogP contribution is 2.22. The van der Waals surface area contributed by atoms with Crippen molar-refractivity contribution < 1.29 is 17.9 Å². The molecule has 1 amide bonds. The molecule has 2 atom stereocenters. The Hall–Kier alpha value is -1.19. The number of benzene rings is 1. The number of hydrogen-bond donors (Lipinski definition) is 2. The molecule has 0 unspecified atom stereocenters. The Labute approximate surface area is 160 Å². The first-order valence-electron chi connectivity index (χ1n) is 8.69. The van der Waals surface area contributed by atoms with Crippen molar-refractivity contribution in [2.24, 2.45) is 5.92 Å². The second-order valence-corrected chi connectivity index (χ2v) is 8.55. The monoisotopic (exact) mass is 403 g/mol. The number of piperidine rings is 1. The van der Waals surface area contributed by atoms with Crippen LogP contribution in [0.4, 0.5) is 5.69 Å². The predicted molar refractivity (Wildman–Crippen MR) is 102 cm³/mol. The first-order valence-corrected chi connectivity index (χ1v) is 10.1. The molecule has 2 heterocycles. The summed E-state index contributed by atoms with van der Waals surface area (Å²) >= 11 is 0. The van der Waals surface area contributed by atoms with Gasteiger partial charge in [0.1, 0.15) is 0 Å². The van der Waals surface area contributed by atoms with Crippen LogP contribution in [0.25, 0.3) is 0 Å². The van der Waals surface area contributed by atoms with Gasteiger partial charge in [-0.25, -0.2) is 8.42 Å². The lowest BCUT2D eigenvalue weighted by Crippen LogP contribution is -2.40. The van der Waals surface area contributed by atoms with Crippen LogP contribution >= 0.6 is 12.4 Å². The summed E-state index contributed by atoms with van der Waals surface area (Å²) in [6, 6.07) is 6.80. The average Bonchev–Trinajstić information content (AvgIpc) is 2.62. The second-order valence-electron chi connectivity index (χ2n) is 6.61. The fourth-order valence-electron chi connectivity index (χ4n) is 3.28. The van der Waals surface area contributed by atoms with Gasteiger partial charge in [0.15, 0.2) is 0 Å². The van der Waals surface area contributed by atoms with Crippen LogP contribution in [0.15, 0.2) is 29.2 Å². The highest BCUT2D eigenvalue weighted by molar-refractivity contribution is 7.89. The summed E-state index contributed by atoms with van der Waals surface area (Å²) in [4.78, 5) is 12.7. The van der Waals surface area contributed by atoms with Crippen molar-refractivity contribution in [3.8, 4) is 0 Å². The third-order valence-electron chi connectivity index (χ3n) is 4.70. The zero-order valence-corrected chi connectivity index (χ0v) is 16.4. The van der Waals surface area contributed by atoms with E-state index in [1.165, 1.54) is 10.4 Å². The number of carbonyl (C=O) groups excluding carboxylic acids is 1. The maximum absolute atomic E-state index is 12.7. The third kappa shape index (κ3) is 4.95. The van der Waals surface area contributed by atoms with E-state index in [0.717, 1.165) is 19.4 Å². The van der Waals surface area contributed by atoms with Crippen LogP contribution in [-0.2, 0) is 19.6 Å². The van der Waals surface area contributed by atoms with E-state index in [2.05, 4.69) is 17.6 Å². The van der Waals surface area contributed by atoms with Crippen LogP contribution in [-0.4, -0.2) is 57.5 Å². The number of sulfonamides is 1. The SMILES string of the molecule is C[C@H]1C[C@@H](C(=O)Nc2cccc(S(=O)(=O)N3CCOCC3)c2)CCN1.Cl. The lowest BCUT2D eigenvalue weighted by molar-refractivity contribution is -0.120. The molecule has 2 N–H and O–H groups in total. The Bertz CT molecular complexity index is 722. The minimum atomic E-state index is -3.56. The molecule has 1 aromatic rings. The molecule has 0 spiro atoms. The average molecular weight is 404 g/mol. The molecule has 2 aliphatic rings. The van der Waals surface area contributed by atoms with Gasteiger partial charge in [0, 0.05) is 30.7 Å². The number of amides is 1. The number of morpholine rings is 1. The molecule has 2 fully saturated rings. The molecule has 2 aliphatic heterocycles. The molecule has 9 heteroatoms. The predicted octanol–water partition coefficient (Wildman–Crippen LogP) is 1.46. The largest absolute Gasteiger partial charge is 0.379 e. The van der Waals surface area contributed by atoms with E-state index in [1.54, 1.807) is 18.2 Å². The second kappa shape index (κ2) is 9.14. The summed E-state index contributed by atoms with van der Waals surface area (Å²) in [5.41, 5.74) is 0.519. The van der Waals surface area contributed by atoms with Crippen LogP contribution < -0.4 is 10.6 Å². The Kier molecular flexibility index (Phi) is 7.42. The van der Waals surface area contributed by atoms with E-state index in [4.69, 9.17) is 4.74 Å². The quantitative estimate of drug-likeness (QED) is 0.794. The van der Waals surface area contributed by atoms with Gasteiger partial charge < -0.3 is 15.4 Å². The standard InChI is InChI=1S/C17H25N3O4S.ClH/c1-13-11-14(5-6-18-13)17(21)19-15-3-2-4-16(12-15)25(22,23)20-7-9-24-10-8-20;/h2-4,12-14,18H,5-11H2,1H3,(H,19,21);1H/t13-,14-;/m0./s1. The summed E-state index contributed by atoms with van der Waals surface area (Å²) in [6.07, 6.45) is 1.58. The normalized spacial score (nSPS) is 24.5. The van der Waals surface area contributed by atoms with Crippen LogP contribution in [0.2, 0.25) is 0 Å². The number of nitrogens with one attached hydrogen (secondary N) is 2. The molecule has 2 saturated heterocycles. The fourth-order valence-corrected chi connectivity index (χ4v) is 4.74. The van der Waals surface area contributed by atoms with Gasteiger partial charge in [-0.05, 0) is 44.5 Å². The Balaban J connectivity index is 0.00000243. The molecule has 0 bridgehead atoms. The Morgan fingerprint density at radius 1 is 1.31 bits per heavy atom. The van der Waals surface area contributed by atoms with Crippen molar-refractivity contribution in [2.75, 3.05) is 38.2 Å². The lowest BCUT2D eigenvalue weighted by Gasteiger charge is -2.27. The smallest absolute Gasteiger partial charge is 0.243 e. The molecule has 3 rings (SSSR count). The third-order valence-corrected chi connectivity index (χ3v) is 6.60. The van der Waals surface area contributed by atoms with Gasteiger partial charge in [-0.1, -0.05) is 6.07 Å². The maximum atomic E-state index is 12.7. The Morgan fingerprint density at radius 3 is 2.73 bits per heavy atom. The fraction of sp³-hybridized carbons (Fsp3) is 0.588. The lowest BCUT2D eigenvalue weighted by atomic mass is 9.92. The van der Waals surface area contributed by atoms with E-state index in [-0.39, 0.29) is 29.1 Å². The van der Waals surface area contributed by atoms with Gasteiger partial charge >= 0.3 is 0 Å². The van der Waals surface area contributed by atoms with E-state index in [9.17, 15) is 13.2 Å². The van der Waals surface area contributed by atoms with Gasteiger partial charge in [-0.15, -0.1) is 12.4 Å². The number of nitrogens with zero attached hydrogens (tertiary/aromatic N) is 1. The number of ether oxygens (including phenoxy) is 1. The minimum Gasteiger partial charge on any atom is -0.379 e. The van der Waals surface area contributed by atoms with Crippen molar-refractivity contribution in [2.45, 2.75) is 30.7 Å². The van der Waals surface area contributed by atoms with E-state index in [1.807, 2.05) is 0 Å². The highest BCUT2D eigenvalue weighted by atomic mass is 35.5. The van der Waals surface area contributed by atoms with E-state index in [0.29, 0.717) is 38.0 Å². The first kappa shape index (κ1) is 21.1. The molecular weight excluding hydrogens is 378 g/mol. The molecule has 146 valence electrons. The van der Waals surface area contributed by atoms with Crippen molar-refractivity contribution in [1.29, 1.82) is 0 Å². The van der Waals surface area contributed by atoms with Crippen molar-refractivity contribution >= 4 is 34.0 Å². The summed E-state index contributed by atoms with van der Waals surface area (Å²) in [5.74, 6) is -0.0926. The highest BCUT2D eigenvalue weighted by Gasteiger charge is 2.27. The van der Waals surface area contributed by atoms with Gasteiger partial charge in [-0.2, -0.15) is 4.31 Å². The molecule has 0 aromatic heterocycles. The van der Waals surface area contributed by atoms with Crippen molar-refractivity contribution in [3.63, 3.8) is 0 Å². The summed E-state index contributed by atoms with van der Waals surface area (Å²) in [5, 5.41) is 6.19. The molecule has 0 aliphatic carbocycles. The number of hydrogen-bond acceptors (Lipinski definition) is 5. The molecule has 1 aromatic carbocycles. The summed E-state index contributed by atoms with van der Waals surface area (Å²) < 4.78 is 32.1. The molecule has 26 heavy (non-hydrogen) atoms. The van der Waals surface area contributed by atoms with Gasteiger partial charge in [0.25, 0.3) is 0 Å². The zero-order valence-electron chi connectivity index (χ0n) is 14.8. The van der Waals surface area contributed by atoms with Gasteiger partial charge in [-0.3, -0.25) is 4.79 Å². The first-order chi connectivity index (χ1) is 12.0. The molecular formula is C17H26ClN3O4S. The number of halogens is 1. The van der Waals surface area contributed by atoms with E-state index >= 15 is 0 Å². The van der Waals surface area contributed by atoms with Crippen LogP contribution in [0.1, 0.15) is 19.8 Å². The van der Waals surface area contributed by atoms with Crippen molar-refractivity contribution in [1.82, 2.24) is 9.62 Å². The van der Waals surface area contributed by atoms with Crippen LogP contribution in [0.3, 0.4) is 0 Å². The molecule has 0 radical (unpaired) electrons.